The van der Waals surface area contributed by atoms with Gasteiger partial charge in [-0.15, -0.1) is 0 Å². The lowest BCUT2D eigenvalue weighted by Gasteiger charge is -2.17. The number of oxazole rings is 1. The highest BCUT2D eigenvalue weighted by Crippen LogP contribution is 2.22. The van der Waals surface area contributed by atoms with Crippen LogP contribution in [0.5, 0.6) is 0 Å². The van der Waals surface area contributed by atoms with Gasteiger partial charge in [0.1, 0.15) is 12.3 Å². The van der Waals surface area contributed by atoms with Crippen LogP contribution in [0.1, 0.15) is 51.3 Å². The average Bonchev–Trinajstić information content (AvgIpc) is 3.39. The molecule has 1 aromatic heterocycles. The highest BCUT2D eigenvalue weighted by Gasteiger charge is 2.22. The highest BCUT2D eigenvalue weighted by atomic mass is 16.4. The summed E-state index contributed by atoms with van der Waals surface area (Å²) in [7, 11) is 0. The van der Waals surface area contributed by atoms with Crippen LogP contribution in [-0.4, -0.2) is 48.6 Å². The molecule has 6 nitrogen and oxygen atoms in total. The first-order valence-corrected chi connectivity index (χ1v) is 11.2. The lowest BCUT2D eigenvalue weighted by atomic mass is 9.94. The molecule has 0 spiro atoms. The van der Waals surface area contributed by atoms with E-state index in [4.69, 9.17) is 4.42 Å². The number of aliphatic imine (C=N–C) groups is 1. The van der Waals surface area contributed by atoms with E-state index in [2.05, 4.69) is 83.5 Å². The SMILES string of the molecule is CCNC(=NCc1ncc(C(C)(C)C)o1)NCC1CCN(CCc2ccccc2)C1. The van der Waals surface area contributed by atoms with Gasteiger partial charge in [0.15, 0.2) is 5.96 Å². The zero-order valence-electron chi connectivity index (χ0n) is 18.9. The molecule has 6 heteroatoms. The molecule has 2 aromatic rings. The normalized spacial score (nSPS) is 18.0. The van der Waals surface area contributed by atoms with Gasteiger partial charge in [0.2, 0.25) is 5.89 Å². The van der Waals surface area contributed by atoms with Crippen molar-refractivity contribution in [2.75, 3.05) is 32.7 Å². The standard InChI is InChI=1S/C24H37N5O/c1-5-25-23(28-17-22-26-16-21(30-22)24(2,3)4)27-15-20-12-14-29(18-20)13-11-19-9-7-6-8-10-19/h6-10,16,20H,5,11-15,17-18H2,1-4H3,(H2,25,27,28). The summed E-state index contributed by atoms with van der Waals surface area (Å²) in [5, 5.41) is 6.83. The average molecular weight is 412 g/mol. The Hall–Kier alpha value is -2.34. The summed E-state index contributed by atoms with van der Waals surface area (Å²) in [5.41, 5.74) is 1.38. The number of nitrogens with zero attached hydrogens (tertiary/aromatic N) is 3. The maximum atomic E-state index is 5.85. The molecule has 1 atom stereocenters. The molecule has 0 aliphatic carbocycles. The molecular formula is C24H37N5O. The third-order valence-electron chi connectivity index (χ3n) is 5.50. The summed E-state index contributed by atoms with van der Waals surface area (Å²) in [6, 6.07) is 10.8. The molecule has 2 N–H and O–H groups in total. The van der Waals surface area contributed by atoms with E-state index in [0.29, 0.717) is 18.4 Å². The molecule has 2 heterocycles. The Morgan fingerprint density at radius 1 is 1.23 bits per heavy atom. The molecule has 3 rings (SSSR count). The summed E-state index contributed by atoms with van der Waals surface area (Å²) < 4.78 is 5.85. The minimum Gasteiger partial charge on any atom is -0.443 e. The summed E-state index contributed by atoms with van der Waals surface area (Å²) in [4.78, 5) is 11.6. The lowest BCUT2D eigenvalue weighted by molar-refractivity contribution is 0.328. The number of guanidine groups is 1. The maximum absolute atomic E-state index is 5.85. The van der Waals surface area contributed by atoms with Gasteiger partial charge in [-0.1, -0.05) is 51.1 Å². The quantitative estimate of drug-likeness (QED) is 0.513. The smallest absolute Gasteiger partial charge is 0.216 e. The number of hydrogen-bond acceptors (Lipinski definition) is 4. The van der Waals surface area contributed by atoms with Gasteiger partial charge in [-0.3, -0.25) is 0 Å². The second-order valence-electron chi connectivity index (χ2n) is 9.14. The van der Waals surface area contributed by atoms with Crippen molar-refractivity contribution in [3.05, 3.63) is 53.7 Å². The van der Waals surface area contributed by atoms with Crippen molar-refractivity contribution in [2.24, 2.45) is 10.9 Å². The summed E-state index contributed by atoms with van der Waals surface area (Å²) in [6.45, 7) is 14.1. The largest absolute Gasteiger partial charge is 0.443 e. The molecule has 1 fully saturated rings. The Balaban J connectivity index is 1.44. The Kier molecular flexibility index (Phi) is 7.91. The maximum Gasteiger partial charge on any atom is 0.216 e. The van der Waals surface area contributed by atoms with Crippen molar-refractivity contribution in [1.82, 2.24) is 20.5 Å². The molecule has 0 amide bonds. The second-order valence-corrected chi connectivity index (χ2v) is 9.14. The molecule has 1 aromatic carbocycles. The molecule has 0 radical (unpaired) electrons. The molecule has 0 saturated carbocycles. The van der Waals surface area contributed by atoms with E-state index < -0.39 is 0 Å². The van der Waals surface area contributed by atoms with Gasteiger partial charge in [-0.05, 0) is 37.8 Å². The third-order valence-corrected chi connectivity index (χ3v) is 5.50. The summed E-state index contributed by atoms with van der Waals surface area (Å²) in [6.07, 6.45) is 4.17. The van der Waals surface area contributed by atoms with E-state index >= 15 is 0 Å². The first-order chi connectivity index (χ1) is 14.4. The molecule has 164 valence electrons. The van der Waals surface area contributed by atoms with Crippen LogP contribution in [0.2, 0.25) is 0 Å². The van der Waals surface area contributed by atoms with Gasteiger partial charge in [-0.25, -0.2) is 9.98 Å². The molecule has 1 aliphatic rings. The monoisotopic (exact) mass is 411 g/mol. The summed E-state index contributed by atoms with van der Waals surface area (Å²) in [5.74, 6) is 3.03. The fraction of sp³-hybridized carbons (Fsp3) is 0.583. The van der Waals surface area contributed by atoms with Crippen molar-refractivity contribution in [3.63, 3.8) is 0 Å². The predicted octanol–water partition coefficient (Wildman–Crippen LogP) is 3.59. The zero-order valence-corrected chi connectivity index (χ0v) is 18.9. The Bertz CT molecular complexity index is 793. The first-order valence-electron chi connectivity index (χ1n) is 11.2. The van der Waals surface area contributed by atoms with Crippen molar-refractivity contribution in [3.8, 4) is 0 Å². The van der Waals surface area contributed by atoms with Crippen molar-refractivity contribution >= 4 is 5.96 Å². The molecule has 0 bridgehead atoms. The van der Waals surface area contributed by atoms with E-state index in [1.165, 1.54) is 18.5 Å². The minimum atomic E-state index is -0.0351. The highest BCUT2D eigenvalue weighted by molar-refractivity contribution is 5.79. The second kappa shape index (κ2) is 10.6. The summed E-state index contributed by atoms with van der Waals surface area (Å²) >= 11 is 0. The number of nitrogens with one attached hydrogen (secondary N) is 2. The van der Waals surface area contributed by atoms with Crippen molar-refractivity contribution in [1.29, 1.82) is 0 Å². The van der Waals surface area contributed by atoms with Gasteiger partial charge < -0.3 is 20.0 Å². The van der Waals surface area contributed by atoms with Gasteiger partial charge in [0.05, 0.1) is 6.20 Å². The van der Waals surface area contributed by atoms with E-state index in [0.717, 1.165) is 44.3 Å². The van der Waals surface area contributed by atoms with Crippen LogP contribution in [0, 0.1) is 5.92 Å². The zero-order chi connectivity index (χ0) is 21.4. The fourth-order valence-electron chi connectivity index (χ4n) is 3.67. The molecular weight excluding hydrogens is 374 g/mol. The number of hydrogen-bond donors (Lipinski definition) is 2. The first kappa shape index (κ1) is 22.3. The topological polar surface area (TPSA) is 65.7 Å². The molecule has 1 unspecified atom stereocenters. The number of rotatable bonds is 8. The van der Waals surface area contributed by atoms with Crippen LogP contribution in [0.25, 0.3) is 0 Å². The van der Waals surface area contributed by atoms with E-state index in [1.807, 2.05) is 6.20 Å². The van der Waals surface area contributed by atoms with Crippen LogP contribution in [0.15, 0.2) is 45.9 Å². The Labute approximate surface area is 181 Å². The van der Waals surface area contributed by atoms with Crippen LogP contribution in [0.4, 0.5) is 0 Å². The van der Waals surface area contributed by atoms with Crippen LogP contribution in [-0.2, 0) is 18.4 Å². The number of benzene rings is 1. The minimum absolute atomic E-state index is 0.0351. The Morgan fingerprint density at radius 3 is 2.73 bits per heavy atom. The van der Waals surface area contributed by atoms with Crippen LogP contribution >= 0.6 is 0 Å². The van der Waals surface area contributed by atoms with Crippen molar-refractivity contribution < 1.29 is 4.42 Å². The fourth-order valence-corrected chi connectivity index (χ4v) is 3.67. The van der Waals surface area contributed by atoms with E-state index in [-0.39, 0.29) is 5.41 Å². The number of aromatic nitrogens is 1. The van der Waals surface area contributed by atoms with Crippen molar-refractivity contribution in [2.45, 2.75) is 52.5 Å². The predicted molar refractivity (Wildman–Crippen MR) is 123 cm³/mol. The molecule has 30 heavy (non-hydrogen) atoms. The molecule has 1 saturated heterocycles. The van der Waals surface area contributed by atoms with Gasteiger partial charge >= 0.3 is 0 Å². The van der Waals surface area contributed by atoms with Gasteiger partial charge in [-0.2, -0.15) is 0 Å². The van der Waals surface area contributed by atoms with E-state index in [9.17, 15) is 0 Å². The van der Waals surface area contributed by atoms with Gasteiger partial charge in [0.25, 0.3) is 0 Å². The van der Waals surface area contributed by atoms with Crippen LogP contribution in [0.3, 0.4) is 0 Å². The number of likely N-dealkylation sites (tertiary alicyclic amines) is 1. The van der Waals surface area contributed by atoms with E-state index in [1.54, 1.807) is 0 Å². The van der Waals surface area contributed by atoms with Crippen LogP contribution < -0.4 is 10.6 Å². The van der Waals surface area contributed by atoms with Gasteiger partial charge in [0, 0.05) is 31.6 Å². The third kappa shape index (κ3) is 6.87. The lowest BCUT2D eigenvalue weighted by Crippen LogP contribution is -2.40. The molecule has 1 aliphatic heterocycles. The Morgan fingerprint density at radius 2 is 2.03 bits per heavy atom.